The van der Waals surface area contributed by atoms with E-state index in [1.54, 1.807) is 47.5 Å². The first kappa shape index (κ1) is 14.8. The molecule has 9 heteroatoms. The van der Waals surface area contributed by atoms with Gasteiger partial charge in [-0.25, -0.2) is 15.0 Å². The molecule has 124 valence electrons. The summed E-state index contributed by atoms with van der Waals surface area (Å²) < 4.78 is 7.06. The lowest BCUT2D eigenvalue weighted by Crippen LogP contribution is -2.14. The summed E-state index contributed by atoms with van der Waals surface area (Å²) in [6.45, 7) is 1.86. The number of hydrogen-bond donors (Lipinski definition) is 2. The molecule has 0 unspecified atom stereocenters. The monoisotopic (exact) mass is 335 g/mol. The highest BCUT2D eigenvalue weighted by atomic mass is 16.3. The number of aryl methyl sites for hydroxylation is 1. The summed E-state index contributed by atoms with van der Waals surface area (Å²) >= 11 is 0. The second kappa shape index (κ2) is 6.04. The minimum atomic E-state index is -0.388. The lowest BCUT2D eigenvalue weighted by molar-refractivity contribution is 0.102. The number of carbonyl (C=O) groups is 1. The van der Waals surface area contributed by atoms with Gasteiger partial charge >= 0.3 is 0 Å². The predicted octanol–water partition coefficient (Wildman–Crippen LogP) is 2.21. The van der Waals surface area contributed by atoms with E-state index in [0.717, 1.165) is 5.82 Å². The molecule has 25 heavy (non-hydrogen) atoms. The molecule has 0 saturated carbocycles. The van der Waals surface area contributed by atoms with Crippen LogP contribution in [0.15, 0.2) is 53.7 Å². The molecule has 1 amide bonds. The van der Waals surface area contributed by atoms with Gasteiger partial charge in [-0.2, -0.15) is 5.10 Å². The molecule has 0 aliphatic heterocycles. The summed E-state index contributed by atoms with van der Waals surface area (Å²) in [4.78, 5) is 24.8. The van der Waals surface area contributed by atoms with E-state index in [9.17, 15) is 4.79 Å². The first-order valence-electron chi connectivity index (χ1n) is 7.44. The zero-order valence-electron chi connectivity index (χ0n) is 13.2. The molecule has 0 spiro atoms. The molecule has 0 saturated heterocycles. The number of furan rings is 1. The third-order valence-corrected chi connectivity index (χ3v) is 3.56. The molecule has 9 nitrogen and oxygen atoms in total. The van der Waals surface area contributed by atoms with Crippen LogP contribution in [0.4, 0.5) is 5.82 Å². The van der Waals surface area contributed by atoms with Crippen molar-refractivity contribution in [1.82, 2.24) is 29.7 Å². The van der Waals surface area contributed by atoms with Crippen molar-refractivity contribution >= 4 is 11.7 Å². The summed E-state index contributed by atoms with van der Waals surface area (Å²) in [7, 11) is 0. The van der Waals surface area contributed by atoms with Crippen molar-refractivity contribution in [2.24, 2.45) is 0 Å². The van der Waals surface area contributed by atoms with Crippen LogP contribution < -0.4 is 5.32 Å². The van der Waals surface area contributed by atoms with Crippen molar-refractivity contribution in [1.29, 1.82) is 0 Å². The molecule has 0 aliphatic carbocycles. The standard InChI is InChI=1S/C16H13N7O2/c1-10-17-4-5-23(10)15-8-14(18-9-19-15)20-16(24)12-7-11(21-22-12)13-3-2-6-25-13/h2-9H,1H3,(H,21,22)(H,18,19,20,24). The Balaban J connectivity index is 1.54. The van der Waals surface area contributed by atoms with Crippen molar-refractivity contribution < 1.29 is 9.21 Å². The van der Waals surface area contributed by atoms with E-state index in [4.69, 9.17) is 4.42 Å². The third-order valence-electron chi connectivity index (χ3n) is 3.56. The van der Waals surface area contributed by atoms with Crippen LogP contribution in [-0.2, 0) is 0 Å². The first-order chi connectivity index (χ1) is 12.2. The van der Waals surface area contributed by atoms with Gasteiger partial charge in [0.25, 0.3) is 5.91 Å². The van der Waals surface area contributed by atoms with Crippen LogP contribution in [0.25, 0.3) is 17.3 Å². The maximum atomic E-state index is 12.4. The zero-order chi connectivity index (χ0) is 17.2. The molecule has 2 N–H and O–H groups in total. The van der Waals surface area contributed by atoms with Crippen LogP contribution >= 0.6 is 0 Å². The van der Waals surface area contributed by atoms with Gasteiger partial charge in [0.1, 0.15) is 29.5 Å². The number of imidazole rings is 1. The number of rotatable bonds is 4. The maximum Gasteiger partial charge on any atom is 0.277 e. The van der Waals surface area contributed by atoms with Crippen LogP contribution in [0, 0.1) is 6.92 Å². The van der Waals surface area contributed by atoms with E-state index in [1.165, 1.54) is 6.33 Å². The second-order valence-corrected chi connectivity index (χ2v) is 5.20. The molecule has 4 aromatic rings. The predicted molar refractivity (Wildman–Crippen MR) is 88.1 cm³/mol. The molecule has 0 fully saturated rings. The van der Waals surface area contributed by atoms with Crippen molar-refractivity contribution in [3.8, 4) is 17.3 Å². The number of nitrogens with one attached hydrogen (secondary N) is 2. The fourth-order valence-electron chi connectivity index (χ4n) is 2.34. The van der Waals surface area contributed by atoms with Gasteiger partial charge in [0.05, 0.1) is 6.26 Å². The Kier molecular flexibility index (Phi) is 3.58. The quantitative estimate of drug-likeness (QED) is 0.591. The summed E-state index contributed by atoms with van der Waals surface area (Å²) in [6, 6.07) is 6.80. The molecule has 4 heterocycles. The molecule has 4 rings (SSSR count). The smallest absolute Gasteiger partial charge is 0.277 e. The Morgan fingerprint density at radius 2 is 2.20 bits per heavy atom. The largest absolute Gasteiger partial charge is 0.463 e. The Hall–Kier alpha value is -3.75. The minimum absolute atomic E-state index is 0.227. The Labute approximate surface area is 141 Å². The SMILES string of the molecule is Cc1nccn1-c1cc(NC(=O)c2cc(-c3ccco3)[nH]n2)ncn1. The van der Waals surface area contributed by atoms with Gasteiger partial charge in [-0.15, -0.1) is 0 Å². The van der Waals surface area contributed by atoms with Crippen molar-refractivity contribution in [3.05, 3.63) is 60.8 Å². The van der Waals surface area contributed by atoms with E-state index < -0.39 is 0 Å². The van der Waals surface area contributed by atoms with Crippen LogP contribution in [0.2, 0.25) is 0 Å². The van der Waals surface area contributed by atoms with Crippen LogP contribution in [0.5, 0.6) is 0 Å². The van der Waals surface area contributed by atoms with Gasteiger partial charge < -0.3 is 9.73 Å². The Morgan fingerprint density at radius 1 is 1.28 bits per heavy atom. The highest BCUT2D eigenvalue weighted by Crippen LogP contribution is 2.18. The molecular weight excluding hydrogens is 322 g/mol. The van der Waals surface area contributed by atoms with E-state index in [2.05, 4.69) is 30.5 Å². The van der Waals surface area contributed by atoms with Gasteiger partial charge in [-0.1, -0.05) is 0 Å². The highest BCUT2D eigenvalue weighted by Gasteiger charge is 2.14. The van der Waals surface area contributed by atoms with Crippen LogP contribution in [-0.4, -0.2) is 35.6 Å². The normalized spacial score (nSPS) is 10.8. The zero-order valence-corrected chi connectivity index (χ0v) is 13.2. The lowest BCUT2D eigenvalue weighted by atomic mass is 10.3. The van der Waals surface area contributed by atoms with Crippen molar-refractivity contribution in [2.45, 2.75) is 6.92 Å². The maximum absolute atomic E-state index is 12.4. The fraction of sp³-hybridized carbons (Fsp3) is 0.0625. The number of hydrogen-bond acceptors (Lipinski definition) is 6. The van der Waals surface area contributed by atoms with Gasteiger partial charge in [-0.05, 0) is 19.1 Å². The number of aromatic nitrogens is 6. The minimum Gasteiger partial charge on any atom is -0.463 e. The van der Waals surface area contributed by atoms with Crippen LogP contribution in [0.3, 0.4) is 0 Å². The molecule has 0 atom stereocenters. The average Bonchev–Trinajstić information content (AvgIpc) is 3.36. The van der Waals surface area contributed by atoms with E-state index in [1.807, 2.05) is 6.92 Å². The molecule has 0 aliphatic rings. The molecule has 4 aromatic heterocycles. The Morgan fingerprint density at radius 3 is 2.96 bits per heavy atom. The lowest BCUT2D eigenvalue weighted by Gasteiger charge is -2.06. The average molecular weight is 335 g/mol. The van der Waals surface area contributed by atoms with Gasteiger partial charge in [-0.3, -0.25) is 14.5 Å². The molecule has 0 aromatic carbocycles. The second-order valence-electron chi connectivity index (χ2n) is 5.20. The van der Waals surface area contributed by atoms with E-state index in [0.29, 0.717) is 23.1 Å². The number of amides is 1. The summed E-state index contributed by atoms with van der Waals surface area (Å²) in [6.07, 6.45) is 6.39. The summed E-state index contributed by atoms with van der Waals surface area (Å²) in [5.41, 5.74) is 0.845. The van der Waals surface area contributed by atoms with Gasteiger partial charge in [0.15, 0.2) is 11.5 Å². The first-order valence-corrected chi connectivity index (χ1v) is 7.44. The highest BCUT2D eigenvalue weighted by molar-refractivity contribution is 6.02. The van der Waals surface area contributed by atoms with E-state index in [-0.39, 0.29) is 11.6 Å². The van der Waals surface area contributed by atoms with E-state index >= 15 is 0 Å². The Bertz CT molecular complexity index is 1020. The summed E-state index contributed by atoms with van der Waals surface area (Å²) in [5, 5.41) is 9.47. The number of H-pyrrole nitrogens is 1. The molecule has 0 bridgehead atoms. The number of aromatic amines is 1. The number of anilines is 1. The summed E-state index contributed by atoms with van der Waals surface area (Å²) in [5.74, 6) is 1.98. The molecule has 0 radical (unpaired) electrons. The molecular formula is C16H13N7O2. The topological polar surface area (TPSA) is 115 Å². The third kappa shape index (κ3) is 2.90. The van der Waals surface area contributed by atoms with Crippen molar-refractivity contribution in [2.75, 3.05) is 5.32 Å². The number of nitrogens with zero attached hydrogens (tertiary/aromatic N) is 5. The van der Waals surface area contributed by atoms with Gasteiger partial charge in [0.2, 0.25) is 0 Å². The van der Waals surface area contributed by atoms with Crippen LogP contribution in [0.1, 0.15) is 16.3 Å². The van der Waals surface area contributed by atoms with Crippen molar-refractivity contribution in [3.63, 3.8) is 0 Å². The number of carbonyl (C=O) groups excluding carboxylic acids is 1. The fourth-order valence-corrected chi connectivity index (χ4v) is 2.34. The van der Waals surface area contributed by atoms with Gasteiger partial charge in [0, 0.05) is 24.5 Å².